The number of halogens is 3. The molecule has 0 radical (unpaired) electrons. The summed E-state index contributed by atoms with van der Waals surface area (Å²) in [5, 5.41) is 4.54. The van der Waals surface area contributed by atoms with Crippen LogP contribution in [0.2, 0.25) is 5.02 Å². The highest BCUT2D eigenvalue weighted by atomic mass is 79.9. The molecule has 2 aromatic carbocycles. The third kappa shape index (κ3) is 5.85. The summed E-state index contributed by atoms with van der Waals surface area (Å²) in [6.45, 7) is -0.234. The second-order valence-electron chi connectivity index (χ2n) is 5.71. The Hall–Kier alpha value is -2.29. The molecule has 6 nitrogen and oxygen atoms in total. The van der Waals surface area contributed by atoms with Crippen LogP contribution in [0.5, 0.6) is 11.5 Å². The molecule has 0 bridgehead atoms. The Morgan fingerprint density at radius 1 is 1.21 bits per heavy atom. The van der Waals surface area contributed by atoms with Gasteiger partial charge in [-0.15, -0.1) is 0 Å². The van der Waals surface area contributed by atoms with Crippen molar-refractivity contribution in [3.63, 3.8) is 0 Å². The maximum Gasteiger partial charge on any atom is 0.277 e. The minimum absolute atomic E-state index is 0.234. The lowest BCUT2D eigenvalue weighted by atomic mass is 10.2. The van der Waals surface area contributed by atoms with Gasteiger partial charge in [-0.25, -0.2) is 5.43 Å². The van der Waals surface area contributed by atoms with Gasteiger partial charge < -0.3 is 13.9 Å². The quantitative estimate of drug-likeness (QED) is 0.309. The Morgan fingerprint density at radius 3 is 2.69 bits per heavy atom. The number of carbonyl (C=O) groups is 1. The second-order valence-corrected chi connectivity index (χ2v) is 7.92. The Kier molecular flexibility index (Phi) is 7.35. The van der Waals surface area contributed by atoms with Gasteiger partial charge >= 0.3 is 0 Å². The van der Waals surface area contributed by atoms with Crippen LogP contribution >= 0.6 is 43.5 Å². The summed E-state index contributed by atoms with van der Waals surface area (Å²) in [7, 11) is 1.52. The fraction of sp³-hybridized carbons (Fsp3) is 0.100. The van der Waals surface area contributed by atoms with Gasteiger partial charge in [0.15, 0.2) is 18.1 Å². The number of amides is 1. The van der Waals surface area contributed by atoms with Crippen LogP contribution in [-0.2, 0) is 4.79 Å². The van der Waals surface area contributed by atoms with E-state index in [1.807, 2.05) is 18.2 Å². The van der Waals surface area contributed by atoms with Crippen LogP contribution in [0, 0.1) is 0 Å². The predicted molar refractivity (Wildman–Crippen MR) is 119 cm³/mol. The van der Waals surface area contributed by atoms with Crippen LogP contribution < -0.4 is 14.9 Å². The zero-order chi connectivity index (χ0) is 20.8. The van der Waals surface area contributed by atoms with Gasteiger partial charge in [-0.3, -0.25) is 4.79 Å². The van der Waals surface area contributed by atoms with E-state index in [2.05, 4.69) is 42.4 Å². The fourth-order valence-electron chi connectivity index (χ4n) is 2.36. The van der Waals surface area contributed by atoms with Crippen LogP contribution in [0.15, 0.2) is 67.0 Å². The topological polar surface area (TPSA) is 73.1 Å². The van der Waals surface area contributed by atoms with Crippen molar-refractivity contribution in [2.75, 3.05) is 13.7 Å². The number of benzene rings is 2. The van der Waals surface area contributed by atoms with Crippen molar-refractivity contribution < 1.29 is 18.7 Å². The normalized spacial score (nSPS) is 10.9. The van der Waals surface area contributed by atoms with Crippen LogP contribution in [0.4, 0.5) is 0 Å². The zero-order valence-corrected chi connectivity index (χ0v) is 19.0. The van der Waals surface area contributed by atoms with E-state index in [1.165, 1.54) is 13.3 Å². The molecule has 0 atom stereocenters. The molecule has 0 aliphatic heterocycles. The molecule has 1 heterocycles. The largest absolute Gasteiger partial charge is 0.493 e. The maximum absolute atomic E-state index is 12.0. The maximum atomic E-state index is 12.0. The van der Waals surface area contributed by atoms with Crippen molar-refractivity contribution in [1.29, 1.82) is 0 Å². The van der Waals surface area contributed by atoms with Gasteiger partial charge in [0.1, 0.15) is 11.5 Å². The van der Waals surface area contributed by atoms with Gasteiger partial charge in [-0.05, 0) is 64.5 Å². The standard InChI is InChI=1S/C20H15Br2ClN2O4/c1-27-18-9-13(21)8-16(22)20(18)28-11-19(26)25-24-10-15-6-7-17(29-15)12-2-4-14(23)5-3-12/h2-10H,11H2,1H3,(H,25,26). The molecule has 1 aromatic heterocycles. The van der Waals surface area contributed by atoms with E-state index in [9.17, 15) is 4.79 Å². The van der Waals surface area contributed by atoms with Gasteiger partial charge in [-0.2, -0.15) is 5.10 Å². The lowest BCUT2D eigenvalue weighted by Gasteiger charge is -2.12. The number of furan rings is 1. The summed E-state index contributed by atoms with van der Waals surface area (Å²) in [6.07, 6.45) is 1.41. The molecular weight excluding hydrogens is 527 g/mol. The molecule has 29 heavy (non-hydrogen) atoms. The number of rotatable bonds is 7. The summed E-state index contributed by atoms with van der Waals surface area (Å²) < 4.78 is 17.9. The molecule has 3 rings (SSSR count). The molecule has 0 aliphatic carbocycles. The lowest BCUT2D eigenvalue weighted by molar-refractivity contribution is -0.123. The molecule has 1 N–H and O–H groups in total. The van der Waals surface area contributed by atoms with E-state index >= 15 is 0 Å². The van der Waals surface area contributed by atoms with E-state index in [4.69, 9.17) is 25.5 Å². The molecule has 0 saturated carbocycles. The van der Waals surface area contributed by atoms with Gasteiger partial charge in [-0.1, -0.05) is 27.5 Å². The minimum atomic E-state index is -0.428. The van der Waals surface area contributed by atoms with Gasteiger partial charge in [0.25, 0.3) is 5.91 Å². The average Bonchev–Trinajstić information content (AvgIpc) is 3.16. The Bertz CT molecular complexity index is 1040. The lowest BCUT2D eigenvalue weighted by Crippen LogP contribution is -2.24. The van der Waals surface area contributed by atoms with Gasteiger partial charge in [0.2, 0.25) is 0 Å². The van der Waals surface area contributed by atoms with Gasteiger partial charge in [0.05, 0.1) is 17.8 Å². The van der Waals surface area contributed by atoms with Crippen molar-refractivity contribution in [3.8, 4) is 22.8 Å². The molecule has 9 heteroatoms. The molecule has 0 saturated heterocycles. The van der Waals surface area contributed by atoms with Crippen LogP contribution in [0.25, 0.3) is 11.3 Å². The summed E-state index contributed by atoms with van der Waals surface area (Å²) in [5.74, 6) is 1.65. The number of ether oxygens (including phenoxy) is 2. The van der Waals surface area contributed by atoms with Crippen molar-refractivity contribution in [2.45, 2.75) is 0 Å². The van der Waals surface area contributed by atoms with Crippen LogP contribution in [0.1, 0.15) is 5.76 Å². The fourth-order valence-corrected chi connectivity index (χ4v) is 3.78. The molecule has 0 aliphatic rings. The highest BCUT2D eigenvalue weighted by Gasteiger charge is 2.12. The Balaban J connectivity index is 1.55. The second kappa shape index (κ2) is 9.96. The molecule has 0 spiro atoms. The molecule has 1 amide bonds. The van der Waals surface area contributed by atoms with Crippen molar-refractivity contribution >= 4 is 55.6 Å². The predicted octanol–water partition coefficient (Wildman–Crippen LogP) is 5.66. The first kappa shape index (κ1) is 21.4. The van der Waals surface area contributed by atoms with E-state index in [1.54, 1.807) is 30.3 Å². The molecule has 0 unspecified atom stereocenters. The highest BCUT2D eigenvalue weighted by Crippen LogP contribution is 2.38. The molecular formula is C20H15Br2ClN2O4. The number of hydrogen-bond acceptors (Lipinski definition) is 5. The van der Waals surface area contributed by atoms with E-state index in [0.717, 1.165) is 10.0 Å². The van der Waals surface area contributed by atoms with E-state index < -0.39 is 5.91 Å². The number of nitrogens with zero attached hydrogens (tertiary/aromatic N) is 1. The zero-order valence-electron chi connectivity index (χ0n) is 15.1. The van der Waals surface area contributed by atoms with Crippen molar-refractivity contribution in [3.05, 3.63) is 68.3 Å². The molecule has 150 valence electrons. The molecule has 3 aromatic rings. The monoisotopic (exact) mass is 540 g/mol. The van der Waals surface area contributed by atoms with Crippen LogP contribution in [-0.4, -0.2) is 25.8 Å². The van der Waals surface area contributed by atoms with Crippen molar-refractivity contribution in [2.24, 2.45) is 5.10 Å². The SMILES string of the molecule is COc1cc(Br)cc(Br)c1OCC(=O)NN=Cc1ccc(-c2ccc(Cl)cc2)o1. The summed E-state index contributed by atoms with van der Waals surface area (Å²) in [5.41, 5.74) is 3.28. The van der Waals surface area contributed by atoms with E-state index in [0.29, 0.717) is 32.5 Å². The number of hydrogen-bond donors (Lipinski definition) is 1. The Morgan fingerprint density at radius 2 is 1.97 bits per heavy atom. The summed E-state index contributed by atoms with van der Waals surface area (Å²) in [6, 6.07) is 14.4. The average molecular weight is 543 g/mol. The third-order valence-electron chi connectivity index (χ3n) is 3.68. The number of hydrazone groups is 1. The smallest absolute Gasteiger partial charge is 0.277 e. The summed E-state index contributed by atoms with van der Waals surface area (Å²) >= 11 is 12.6. The highest BCUT2D eigenvalue weighted by molar-refractivity contribution is 9.11. The van der Waals surface area contributed by atoms with Crippen molar-refractivity contribution in [1.82, 2.24) is 5.43 Å². The Labute approximate surface area is 189 Å². The summed E-state index contributed by atoms with van der Waals surface area (Å²) in [4.78, 5) is 12.0. The number of nitrogens with one attached hydrogen (secondary N) is 1. The first-order valence-electron chi connectivity index (χ1n) is 8.30. The third-order valence-corrected chi connectivity index (χ3v) is 4.98. The molecule has 0 fully saturated rings. The van der Waals surface area contributed by atoms with E-state index in [-0.39, 0.29) is 6.61 Å². The van der Waals surface area contributed by atoms with Crippen LogP contribution in [0.3, 0.4) is 0 Å². The first-order valence-corrected chi connectivity index (χ1v) is 10.3. The van der Waals surface area contributed by atoms with Gasteiger partial charge in [0, 0.05) is 15.1 Å². The number of carbonyl (C=O) groups excluding carboxylic acids is 1. The first-order chi connectivity index (χ1) is 14.0. The minimum Gasteiger partial charge on any atom is -0.493 e. The number of methoxy groups -OCH3 is 1.